The van der Waals surface area contributed by atoms with Crippen molar-refractivity contribution in [2.45, 2.75) is 13.5 Å². The lowest BCUT2D eigenvalue weighted by Crippen LogP contribution is -2.30. The van der Waals surface area contributed by atoms with Crippen LogP contribution < -0.4 is 19.7 Å². The molecule has 1 saturated heterocycles. The molecule has 3 aromatic rings. The number of carbonyl (C=O) groups excluding carboxylic acids is 2. The Morgan fingerprint density at radius 1 is 1.09 bits per heavy atom. The molecule has 1 N–H and O–H groups in total. The SMILES string of the molecule is CCOc1cc(/C=C2/NC(=O)N(c3cccc(Cl)c3)C2=O)cc(Br)c1OCc1ccccc1F. The molecular weight excluding hydrogens is 527 g/mol. The maximum Gasteiger partial charge on any atom is 0.333 e. The van der Waals surface area contributed by atoms with Crippen molar-refractivity contribution in [3.05, 3.63) is 92.8 Å². The summed E-state index contributed by atoms with van der Waals surface area (Å²) in [7, 11) is 0. The Morgan fingerprint density at radius 3 is 2.62 bits per heavy atom. The van der Waals surface area contributed by atoms with Gasteiger partial charge in [-0.3, -0.25) is 4.79 Å². The van der Waals surface area contributed by atoms with Gasteiger partial charge in [-0.25, -0.2) is 14.1 Å². The van der Waals surface area contributed by atoms with E-state index in [0.717, 1.165) is 4.90 Å². The highest BCUT2D eigenvalue weighted by Gasteiger charge is 2.35. The Kier molecular flexibility index (Phi) is 7.19. The fraction of sp³-hybridized carbons (Fsp3) is 0.120. The van der Waals surface area contributed by atoms with Crippen LogP contribution in [0.2, 0.25) is 5.02 Å². The number of imide groups is 1. The molecule has 34 heavy (non-hydrogen) atoms. The highest BCUT2D eigenvalue weighted by atomic mass is 79.9. The van der Waals surface area contributed by atoms with Crippen LogP contribution in [0.3, 0.4) is 0 Å². The summed E-state index contributed by atoms with van der Waals surface area (Å²) in [6.07, 6.45) is 1.54. The monoisotopic (exact) mass is 544 g/mol. The normalized spacial score (nSPS) is 14.5. The molecule has 0 aliphatic carbocycles. The van der Waals surface area contributed by atoms with Crippen molar-refractivity contribution < 1.29 is 23.5 Å². The quantitative estimate of drug-likeness (QED) is 0.279. The van der Waals surface area contributed by atoms with Crippen LogP contribution in [0, 0.1) is 5.82 Å². The molecule has 9 heteroatoms. The number of carbonyl (C=O) groups is 2. The molecular formula is C25H19BrClFN2O4. The molecule has 174 valence electrons. The second-order valence-electron chi connectivity index (χ2n) is 7.25. The van der Waals surface area contributed by atoms with E-state index in [9.17, 15) is 14.0 Å². The number of amides is 3. The second-order valence-corrected chi connectivity index (χ2v) is 8.54. The molecule has 3 aromatic carbocycles. The van der Waals surface area contributed by atoms with E-state index in [4.69, 9.17) is 21.1 Å². The van der Waals surface area contributed by atoms with E-state index in [1.54, 1.807) is 54.6 Å². The Bertz CT molecular complexity index is 1300. The third-order valence-corrected chi connectivity index (χ3v) is 5.74. The van der Waals surface area contributed by atoms with Crippen molar-refractivity contribution in [1.82, 2.24) is 5.32 Å². The number of urea groups is 1. The summed E-state index contributed by atoms with van der Waals surface area (Å²) >= 11 is 9.47. The summed E-state index contributed by atoms with van der Waals surface area (Å²) in [5.74, 6) is -0.0722. The van der Waals surface area contributed by atoms with Gasteiger partial charge in [0.1, 0.15) is 18.1 Å². The summed E-state index contributed by atoms with van der Waals surface area (Å²) in [5, 5.41) is 2.99. The first kappa shape index (κ1) is 23.8. The van der Waals surface area contributed by atoms with E-state index in [1.165, 1.54) is 12.1 Å². The van der Waals surface area contributed by atoms with Crippen LogP contribution in [-0.4, -0.2) is 18.5 Å². The molecule has 4 rings (SSSR count). The molecule has 1 fully saturated rings. The van der Waals surface area contributed by atoms with Gasteiger partial charge < -0.3 is 14.8 Å². The maximum absolute atomic E-state index is 14.0. The number of anilines is 1. The van der Waals surface area contributed by atoms with Crippen molar-refractivity contribution in [1.29, 1.82) is 0 Å². The van der Waals surface area contributed by atoms with E-state index in [0.29, 0.717) is 44.4 Å². The van der Waals surface area contributed by atoms with Gasteiger partial charge in [0.15, 0.2) is 11.5 Å². The minimum atomic E-state index is -0.576. The smallest absolute Gasteiger partial charge is 0.333 e. The highest BCUT2D eigenvalue weighted by molar-refractivity contribution is 9.10. The van der Waals surface area contributed by atoms with Crippen LogP contribution in [0.4, 0.5) is 14.9 Å². The number of nitrogens with zero attached hydrogens (tertiary/aromatic N) is 1. The molecule has 3 amide bonds. The first-order valence-corrected chi connectivity index (χ1v) is 11.5. The molecule has 1 heterocycles. The largest absolute Gasteiger partial charge is 0.490 e. The first-order valence-electron chi connectivity index (χ1n) is 10.3. The van der Waals surface area contributed by atoms with Gasteiger partial charge in [-0.2, -0.15) is 0 Å². The van der Waals surface area contributed by atoms with Crippen LogP contribution in [0.25, 0.3) is 6.08 Å². The average molecular weight is 546 g/mol. The standard InChI is InChI=1S/C25H19BrClFN2O4/c1-2-33-22-12-15(10-19(26)23(22)34-14-16-6-3-4-9-20(16)28)11-21-24(31)30(25(32)29-21)18-8-5-7-17(27)13-18/h3-13H,2,14H2,1H3,(H,29,32)/b21-11+. The zero-order chi connectivity index (χ0) is 24.2. The van der Waals surface area contributed by atoms with Crippen LogP contribution in [0.5, 0.6) is 11.5 Å². The number of hydrogen-bond acceptors (Lipinski definition) is 4. The van der Waals surface area contributed by atoms with Gasteiger partial charge >= 0.3 is 6.03 Å². The summed E-state index contributed by atoms with van der Waals surface area (Å²) in [6.45, 7) is 2.19. The average Bonchev–Trinajstić information content (AvgIpc) is 3.07. The van der Waals surface area contributed by atoms with E-state index < -0.39 is 11.9 Å². The number of rotatable bonds is 7. The van der Waals surface area contributed by atoms with Gasteiger partial charge in [-0.05, 0) is 70.9 Å². The lowest BCUT2D eigenvalue weighted by atomic mass is 10.1. The number of nitrogens with one attached hydrogen (secondary N) is 1. The topological polar surface area (TPSA) is 67.9 Å². The summed E-state index contributed by atoms with van der Waals surface area (Å²) in [4.78, 5) is 26.4. The van der Waals surface area contributed by atoms with Gasteiger partial charge in [0.2, 0.25) is 0 Å². The van der Waals surface area contributed by atoms with Crippen LogP contribution in [0.15, 0.2) is 70.8 Å². The van der Waals surface area contributed by atoms with Gasteiger partial charge in [0.25, 0.3) is 5.91 Å². The fourth-order valence-corrected chi connectivity index (χ4v) is 4.15. The van der Waals surface area contributed by atoms with E-state index >= 15 is 0 Å². The summed E-state index contributed by atoms with van der Waals surface area (Å²) < 4.78 is 26.1. The Morgan fingerprint density at radius 2 is 1.88 bits per heavy atom. The molecule has 0 bridgehead atoms. The molecule has 6 nitrogen and oxygen atoms in total. The Balaban J connectivity index is 1.61. The fourth-order valence-electron chi connectivity index (χ4n) is 3.39. The first-order chi connectivity index (χ1) is 16.4. The van der Waals surface area contributed by atoms with Gasteiger partial charge in [-0.1, -0.05) is 35.9 Å². The van der Waals surface area contributed by atoms with Crippen LogP contribution in [-0.2, 0) is 11.4 Å². The predicted molar refractivity (Wildman–Crippen MR) is 131 cm³/mol. The van der Waals surface area contributed by atoms with E-state index in [2.05, 4.69) is 21.2 Å². The van der Waals surface area contributed by atoms with Gasteiger partial charge in [0.05, 0.1) is 16.8 Å². The van der Waals surface area contributed by atoms with Gasteiger partial charge in [-0.15, -0.1) is 0 Å². The number of halogens is 3. The molecule has 1 aliphatic heterocycles. The van der Waals surface area contributed by atoms with E-state index in [-0.39, 0.29) is 18.1 Å². The lowest BCUT2D eigenvalue weighted by Gasteiger charge is -2.15. The van der Waals surface area contributed by atoms with Crippen molar-refractivity contribution in [2.75, 3.05) is 11.5 Å². The number of benzene rings is 3. The Hall–Kier alpha value is -3.36. The van der Waals surface area contributed by atoms with Crippen LogP contribution >= 0.6 is 27.5 Å². The molecule has 0 saturated carbocycles. The summed E-state index contributed by atoms with van der Waals surface area (Å²) in [6, 6.07) is 15.6. The minimum Gasteiger partial charge on any atom is -0.490 e. The third kappa shape index (κ3) is 5.08. The highest BCUT2D eigenvalue weighted by Crippen LogP contribution is 2.38. The lowest BCUT2D eigenvalue weighted by molar-refractivity contribution is -0.113. The predicted octanol–water partition coefficient (Wildman–Crippen LogP) is 6.32. The number of ether oxygens (including phenoxy) is 2. The van der Waals surface area contributed by atoms with Gasteiger partial charge in [0, 0.05) is 10.6 Å². The van der Waals surface area contributed by atoms with Crippen molar-refractivity contribution >= 4 is 51.2 Å². The summed E-state index contributed by atoms with van der Waals surface area (Å²) in [5.41, 5.74) is 1.46. The Labute approximate surface area is 209 Å². The van der Waals surface area contributed by atoms with E-state index in [1.807, 2.05) is 6.92 Å². The van der Waals surface area contributed by atoms with Crippen molar-refractivity contribution in [3.63, 3.8) is 0 Å². The second kappa shape index (κ2) is 10.3. The number of hydrogen-bond donors (Lipinski definition) is 1. The van der Waals surface area contributed by atoms with Crippen molar-refractivity contribution in [3.8, 4) is 11.5 Å². The minimum absolute atomic E-state index is 0.00885. The zero-order valence-electron chi connectivity index (χ0n) is 18.0. The van der Waals surface area contributed by atoms with Crippen molar-refractivity contribution in [2.24, 2.45) is 0 Å². The molecule has 0 aromatic heterocycles. The molecule has 0 atom stereocenters. The molecule has 0 radical (unpaired) electrons. The zero-order valence-corrected chi connectivity index (χ0v) is 20.3. The molecule has 0 spiro atoms. The molecule has 0 unspecified atom stereocenters. The molecule has 1 aliphatic rings. The van der Waals surface area contributed by atoms with Crippen LogP contribution in [0.1, 0.15) is 18.1 Å². The maximum atomic E-state index is 14.0. The third-order valence-electron chi connectivity index (χ3n) is 4.92.